The van der Waals surface area contributed by atoms with Crippen LogP contribution in [0.25, 0.3) is 66.2 Å². The van der Waals surface area contributed by atoms with Crippen LogP contribution < -0.4 is 14.5 Å². The number of rotatable bonds is 7. The summed E-state index contributed by atoms with van der Waals surface area (Å²) in [4.78, 5) is 9.39. The van der Waals surface area contributed by atoms with E-state index in [-0.39, 0.29) is 71.2 Å². The summed E-state index contributed by atoms with van der Waals surface area (Å²) in [7, 11) is 0. The van der Waals surface area contributed by atoms with E-state index in [2.05, 4.69) is 152 Å². The molecule has 0 saturated carbocycles. The van der Waals surface area contributed by atoms with Gasteiger partial charge in [-0.2, -0.15) is 12.1 Å². The average Bonchev–Trinajstić information content (AvgIpc) is 2.07. The van der Waals surface area contributed by atoms with Crippen molar-refractivity contribution >= 4 is 66.4 Å². The van der Waals surface area contributed by atoms with Crippen molar-refractivity contribution < 1.29 is 36.8 Å². The van der Waals surface area contributed by atoms with Crippen molar-refractivity contribution in [2.45, 2.75) is 78.6 Å². The molecule has 0 saturated heterocycles. The van der Waals surface area contributed by atoms with Gasteiger partial charge in [-0.15, -0.1) is 42.7 Å². The summed E-state index contributed by atoms with van der Waals surface area (Å²) in [5.41, 5.74) is 10.8. The minimum atomic E-state index is -0.502. The third kappa shape index (κ3) is 8.40. The first-order valence-electron chi connectivity index (χ1n) is 28.4. The fourth-order valence-corrected chi connectivity index (χ4v) is 9.93. The molecule has 12 rings (SSSR count). The summed E-state index contributed by atoms with van der Waals surface area (Å²) in [5, 5.41) is 1.32. The molecule has 0 bridgehead atoms. The van der Waals surface area contributed by atoms with Gasteiger partial charge in [0.1, 0.15) is 5.82 Å². The third-order valence-electron chi connectivity index (χ3n) is 13.8. The van der Waals surface area contributed by atoms with Gasteiger partial charge < -0.3 is 23.7 Å². The molecule has 11 aromatic rings. The SMILES string of the molecule is [2H]c1c([2H])c([2H])c2c(c1[2H])c1c([2H])c([2H])c([2H])c([2H])c1n2-c1cccc2c1c1ccc(Oc3[c-]c(N4[CH-]N(c5cc(C(C)(C)C)cc(C(C)(C)C)c5)c5c(-c6ccccc6)cccc54)ccc3)[c-]c1n2-c1cc(C(C)(C)C)ccn1.[Pt]. The van der Waals surface area contributed by atoms with Gasteiger partial charge >= 0.3 is 0 Å². The van der Waals surface area contributed by atoms with E-state index < -0.39 is 36.3 Å². The van der Waals surface area contributed by atoms with Gasteiger partial charge in [-0.1, -0.05) is 164 Å². The Balaban J connectivity index is 0.00000690. The molecule has 4 heterocycles. The van der Waals surface area contributed by atoms with E-state index in [0.29, 0.717) is 44.8 Å². The molecular weight excluding hydrogens is 1070 g/mol. The van der Waals surface area contributed by atoms with Crippen molar-refractivity contribution in [3.8, 4) is 34.1 Å². The maximum atomic E-state index is 9.30. The summed E-state index contributed by atoms with van der Waals surface area (Å²) in [6, 6.07) is 46.7. The van der Waals surface area contributed by atoms with Gasteiger partial charge in [-0.3, -0.25) is 0 Å². The van der Waals surface area contributed by atoms with Crippen LogP contribution in [0.3, 0.4) is 0 Å². The minimum absolute atomic E-state index is 0. The Bertz CT molecular complexity index is 4270. The van der Waals surface area contributed by atoms with Gasteiger partial charge in [0, 0.05) is 83.4 Å². The number of hydrogen-bond donors (Lipinski definition) is 0. The molecule has 6 nitrogen and oxygen atoms in total. The zero-order chi connectivity index (χ0) is 56.6. The largest absolute Gasteiger partial charge is 0.509 e. The van der Waals surface area contributed by atoms with Crippen molar-refractivity contribution in [2.24, 2.45) is 0 Å². The molecule has 0 spiro atoms. The molecule has 0 N–H and O–H groups in total. The fraction of sp³-hybridized carbons (Fsp3) is 0.182. The third-order valence-corrected chi connectivity index (χ3v) is 13.8. The second-order valence-corrected chi connectivity index (χ2v) is 21.7. The number of aromatic nitrogens is 3. The van der Waals surface area contributed by atoms with Gasteiger partial charge in [0.25, 0.3) is 0 Å². The number of pyridine rings is 1. The molecule has 3 aromatic heterocycles. The van der Waals surface area contributed by atoms with Crippen molar-refractivity contribution in [1.82, 2.24) is 14.1 Å². The van der Waals surface area contributed by atoms with Crippen molar-refractivity contribution in [2.75, 3.05) is 9.80 Å². The Morgan fingerprint density at radius 1 is 0.534 bits per heavy atom. The van der Waals surface area contributed by atoms with E-state index in [0.717, 1.165) is 39.4 Å². The van der Waals surface area contributed by atoms with Crippen molar-refractivity contribution in [3.63, 3.8) is 0 Å². The molecule has 1 aliphatic rings. The van der Waals surface area contributed by atoms with Crippen molar-refractivity contribution in [3.05, 3.63) is 217 Å². The molecule has 0 radical (unpaired) electrons. The predicted octanol–water partition coefficient (Wildman–Crippen LogP) is 17.6. The summed E-state index contributed by atoms with van der Waals surface area (Å²) < 4.78 is 82.1. The summed E-state index contributed by atoms with van der Waals surface area (Å²) in [6.07, 6.45) is 1.78. The number of fused-ring (bicyclic) bond motifs is 7. The van der Waals surface area contributed by atoms with Gasteiger partial charge in [0.15, 0.2) is 0 Å². The molecule has 0 fully saturated rings. The van der Waals surface area contributed by atoms with Gasteiger partial charge in [-0.25, -0.2) is 4.98 Å². The smallest absolute Gasteiger partial charge is 0.135 e. The van der Waals surface area contributed by atoms with Crippen LogP contribution in [0.5, 0.6) is 11.5 Å². The monoisotopic (exact) mass is 1140 g/mol. The number of para-hydroxylation sites is 3. The van der Waals surface area contributed by atoms with Crippen molar-refractivity contribution in [1.29, 1.82) is 0 Å². The minimum Gasteiger partial charge on any atom is -0.509 e. The summed E-state index contributed by atoms with van der Waals surface area (Å²) in [5.74, 6) is 1.42. The average molecular weight is 1140 g/mol. The second-order valence-electron chi connectivity index (χ2n) is 21.7. The standard InChI is InChI=1S/C66H58N5O.Pt/c1-64(2,3)44-34-35-67-61(39-44)71-58-30-19-29-57(70-55-27-15-13-24-52(55)53-25-14-16-28-56(53)70)62(58)54-33-32-50(41-60(54)71)72-49-23-17-22-47(40-49)68-42-69(48-37-45(65(4,5)6)36-46(38-48)66(7,8)9)63-51(26-18-31-59(63)68)43-20-11-10-12-21-43;/h10-39,42H,1-9H3;/q-3;/i13D,14D,15D,16D,24D,25D,27D,28D;. The number of benzene rings is 8. The second kappa shape index (κ2) is 18.0. The molecular formula is C66H58N5OPt-3. The molecule has 0 atom stereocenters. The van der Waals surface area contributed by atoms with Crippen LogP contribution in [0.15, 0.2) is 182 Å². The van der Waals surface area contributed by atoms with Gasteiger partial charge in [0.05, 0.1) is 22.0 Å². The van der Waals surface area contributed by atoms with Crippen LogP contribution in [-0.4, -0.2) is 14.1 Å². The molecule has 1 aliphatic heterocycles. The molecule has 8 aromatic carbocycles. The fourth-order valence-electron chi connectivity index (χ4n) is 9.93. The van der Waals surface area contributed by atoms with Crippen LogP contribution in [0, 0.1) is 18.8 Å². The number of hydrogen-bond acceptors (Lipinski definition) is 4. The van der Waals surface area contributed by atoms with E-state index >= 15 is 0 Å². The molecule has 73 heavy (non-hydrogen) atoms. The van der Waals surface area contributed by atoms with Gasteiger partial charge in [-0.05, 0) is 98.4 Å². The quantitative estimate of drug-likeness (QED) is 0.149. The maximum absolute atomic E-state index is 9.30. The zero-order valence-electron chi connectivity index (χ0n) is 50.2. The van der Waals surface area contributed by atoms with Gasteiger partial charge in [0.2, 0.25) is 0 Å². The van der Waals surface area contributed by atoms with E-state index in [1.165, 1.54) is 11.1 Å². The number of ether oxygens (including phenoxy) is 1. The molecule has 366 valence electrons. The first-order chi connectivity index (χ1) is 37.9. The van der Waals surface area contributed by atoms with E-state index in [1.54, 1.807) is 16.8 Å². The predicted molar refractivity (Wildman–Crippen MR) is 300 cm³/mol. The molecule has 0 amide bonds. The van der Waals surface area contributed by atoms with Crippen LogP contribution in [0.4, 0.5) is 22.7 Å². The first-order valence-corrected chi connectivity index (χ1v) is 24.4. The van der Waals surface area contributed by atoms with E-state index in [1.807, 2.05) is 65.2 Å². The van der Waals surface area contributed by atoms with E-state index in [4.69, 9.17) is 17.9 Å². The van der Waals surface area contributed by atoms with Crippen LogP contribution in [0.1, 0.15) is 90.0 Å². The number of nitrogens with zero attached hydrogens (tertiary/aromatic N) is 5. The molecule has 7 heteroatoms. The Kier molecular flexibility index (Phi) is 9.64. The Hall–Kier alpha value is -7.40. The molecule has 0 unspecified atom stereocenters. The Morgan fingerprint density at radius 2 is 1.16 bits per heavy atom. The normalized spacial score (nSPS) is 14.6. The topological polar surface area (TPSA) is 38.5 Å². The Labute approximate surface area is 455 Å². The summed E-state index contributed by atoms with van der Waals surface area (Å²) >= 11 is 0. The van der Waals surface area contributed by atoms with Crippen LogP contribution >= 0.6 is 0 Å². The molecule has 0 aliphatic carbocycles. The Morgan fingerprint density at radius 3 is 1.85 bits per heavy atom. The zero-order valence-corrected chi connectivity index (χ0v) is 44.5. The van der Waals surface area contributed by atoms with E-state index in [9.17, 15) is 2.74 Å². The first kappa shape index (κ1) is 39.2. The summed E-state index contributed by atoms with van der Waals surface area (Å²) in [6.45, 7) is 22.1. The number of anilines is 4. The van der Waals surface area contributed by atoms with Crippen LogP contribution in [0.2, 0.25) is 0 Å². The van der Waals surface area contributed by atoms with Crippen LogP contribution in [-0.2, 0) is 37.3 Å². The maximum Gasteiger partial charge on any atom is 0.135 e.